The van der Waals surface area contributed by atoms with Gasteiger partial charge in [0.15, 0.2) is 0 Å². The number of amides is 1. The largest absolute Gasteiger partial charge is 0.423 e. The van der Waals surface area contributed by atoms with Gasteiger partial charge in [-0.1, -0.05) is 23.7 Å². The predicted molar refractivity (Wildman–Crippen MR) is 99.9 cm³/mol. The molecule has 2 aromatic carbocycles. The Morgan fingerprint density at radius 3 is 2.67 bits per heavy atom. The molecule has 0 saturated carbocycles. The zero-order valence-electron chi connectivity index (χ0n) is 13.9. The van der Waals surface area contributed by atoms with E-state index in [0.29, 0.717) is 21.9 Å². The average Bonchev–Trinajstić information content (AvgIpc) is 2.69. The summed E-state index contributed by atoms with van der Waals surface area (Å²) in [5, 5.41) is 4.39. The molecule has 0 aliphatic rings. The van der Waals surface area contributed by atoms with Crippen LogP contribution in [0.25, 0.3) is 0 Å². The van der Waals surface area contributed by atoms with E-state index in [9.17, 15) is 9.59 Å². The lowest BCUT2D eigenvalue weighted by Crippen LogP contribution is -2.19. The Morgan fingerprint density at radius 2 is 1.93 bits per heavy atom. The first-order valence-electron chi connectivity index (χ1n) is 7.79. The fourth-order valence-electron chi connectivity index (χ4n) is 2.05. The highest BCUT2D eigenvalue weighted by Crippen LogP contribution is 2.16. The van der Waals surface area contributed by atoms with Crippen LogP contribution < -0.4 is 10.2 Å². The number of halogens is 1. The van der Waals surface area contributed by atoms with Crippen LogP contribution in [-0.4, -0.2) is 28.1 Å². The van der Waals surface area contributed by atoms with Crippen LogP contribution in [0.3, 0.4) is 0 Å². The summed E-state index contributed by atoms with van der Waals surface area (Å²) < 4.78 is 5.33. The van der Waals surface area contributed by atoms with Crippen molar-refractivity contribution in [3.63, 3.8) is 0 Å². The molecule has 1 amide bonds. The van der Waals surface area contributed by atoms with Crippen LogP contribution in [0.1, 0.15) is 26.4 Å². The van der Waals surface area contributed by atoms with Gasteiger partial charge < -0.3 is 4.74 Å². The molecule has 1 N–H and O–H groups in total. The number of hydrogen-bond acceptors (Lipinski definition) is 6. The fourth-order valence-corrected chi connectivity index (χ4v) is 2.18. The molecule has 8 heteroatoms. The molecular weight excluding hydrogens is 368 g/mol. The Morgan fingerprint density at radius 1 is 1.11 bits per heavy atom. The number of carbonyl (C=O) groups is 2. The molecule has 134 valence electrons. The van der Waals surface area contributed by atoms with Gasteiger partial charge in [0.05, 0.1) is 18.0 Å². The van der Waals surface area contributed by atoms with Gasteiger partial charge in [0.1, 0.15) is 11.4 Å². The zero-order chi connectivity index (χ0) is 19.1. The molecule has 0 bridgehead atoms. The molecule has 0 spiro atoms. The van der Waals surface area contributed by atoms with E-state index in [1.807, 2.05) is 0 Å². The van der Waals surface area contributed by atoms with Crippen molar-refractivity contribution >= 4 is 29.7 Å². The summed E-state index contributed by atoms with van der Waals surface area (Å²) in [4.78, 5) is 31.6. The summed E-state index contributed by atoms with van der Waals surface area (Å²) in [7, 11) is 0. The molecule has 0 aliphatic heterocycles. The minimum absolute atomic E-state index is 0.153. The molecule has 27 heavy (non-hydrogen) atoms. The van der Waals surface area contributed by atoms with E-state index in [4.69, 9.17) is 16.3 Å². The lowest BCUT2D eigenvalue weighted by atomic mass is 10.2. The lowest BCUT2D eigenvalue weighted by molar-refractivity contribution is 0.0734. The first-order chi connectivity index (χ1) is 13.1. The van der Waals surface area contributed by atoms with Crippen molar-refractivity contribution in [1.82, 2.24) is 15.4 Å². The highest BCUT2D eigenvalue weighted by Gasteiger charge is 2.09. The van der Waals surface area contributed by atoms with Gasteiger partial charge in [0.25, 0.3) is 5.91 Å². The topological polar surface area (TPSA) is 93.5 Å². The number of nitrogens with one attached hydrogen (secondary N) is 1. The van der Waals surface area contributed by atoms with Gasteiger partial charge in [-0.3, -0.25) is 9.78 Å². The molecule has 1 aromatic heterocycles. The number of aromatic nitrogens is 2. The molecular formula is C19H13ClN4O3. The van der Waals surface area contributed by atoms with Crippen LogP contribution >= 0.6 is 11.6 Å². The highest BCUT2D eigenvalue weighted by atomic mass is 35.5. The maximum Gasteiger partial charge on any atom is 0.343 e. The number of nitrogens with zero attached hydrogens (tertiary/aromatic N) is 3. The molecule has 0 radical (unpaired) electrons. The van der Waals surface area contributed by atoms with Gasteiger partial charge in [0, 0.05) is 17.4 Å². The van der Waals surface area contributed by atoms with Gasteiger partial charge in [-0.2, -0.15) is 5.10 Å². The summed E-state index contributed by atoms with van der Waals surface area (Å²) in [6.45, 7) is 0. The standard InChI is InChI=1S/C19H13ClN4O3/c20-15-6-4-14(5-7-15)19(26)27-16-3-1-2-13(10-16)11-23-24-18(25)17-12-21-8-9-22-17/h1-12H,(H,24,25). The number of ether oxygens (including phenoxy) is 1. The number of benzene rings is 2. The third-order valence-corrected chi connectivity index (χ3v) is 3.58. The summed E-state index contributed by atoms with van der Waals surface area (Å²) in [6.07, 6.45) is 5.64. The van der Waals surface area contributed by atoms with Gasteiger partial charge >= 0.3 is 5.97 Å². The zero-order valence-corrected chi connectivity index (χ0v) is 14.6. The number of hydrogen-bond donors (Lipinski definition) is 1. The van der Waals surface area contributed by atoms with Crippen LogP contribution in [0.2, 0.25) is 5.02 Å². The number of hydrazone groups is 1. The molecule has 0 atom stereocenters. The minimum Gasteiger partial charge on any atom is -0.423 e. The molecule has 7 nitrogen and oxygen atoms in total. The third kappa shape index (κ3) is 5.20. The molecule has 0 aliphatic carbocycles. The Labute approximate surface area is 159 Å². The summed E-state index contributed by atoms with van der Waals surface area (Å²) in [6, 6.07) is 13.1. The second-order valence-electron chi connectivity index (χ2n) is 5.26. The third-order valence-electron chi connectivity index (χ3n) is 3.32. The smallest absolute Gasteiger partial charge is 0.343 e. The van der Waals surface area contributed by atoms with E-state index in [2.05, 4.69) is 20.5 Å². The highest BCUT2D eigenvalue weighted by molar-refractivity contribution is 6.30. The van der Waals surface area contributed by atoms with Gasteiger partial charge in [-0.15, -0.1) is 0 Å². The summed E-state index contributed by atoms with van der Waals surface area (Å²) in [5.41, 5.74) is 3.52. The van der Waals surface area contributed by atoms with Crippen LogP contribution in [0.5, 0.6) is 5.75 Å². The Kier molecular flexibility index (Phi) is 5.86. The van der Waals surface area contributed by atoms with E-state index in [1.54, 1.807) is 48.5 Å². The molecule has 1 heterocycles. The first kappa shape index (κ1) is 18.2. The van der Waals surface area contributed by atoms with Crippen molar-refractivity contribution in [3.05, 3.63) is 89.0 Å². The Hall–Kier alpha value is -3.58. The quantitative estimate of drug-likeness (QED) is 0.317. The van der Waals surface area contributed by atoms with Crippen LogP contribution in [0.4, 0.5) is 0 Å². The number of rotatable bonds is 5. The monoisotopic (exact) mass is 380 g/mol. The minimum atomic E-state index is -0.503. The molecule has 3 aromatic rings. The van der Waals surface area contributed by atoms with Crippen LogP contribution in [-0.2, 0) is 0 Å². The maximum atomic E-state index is 12.1. The molecule has 0 fully saturated rings. The molecule has 3 rings (SSSR count). The number of esters is 1. The van der Waals surface area contributed by atoms with E-state index in [1.165, 1.54) is 24.8 Å². The second-order valence-corrected chi connectivity index (χ2v) is 5.70. The van der Waals surface area contributed by atoms with Crippen LogP contribution in [0, 0.1) is 0 Å². The van der Waals surface area contributed by atoms with E-state index >= 15 is 0 Å². The van der Waals surface area contributed by atoms with Crippen molar-refractivity contribution in [1.29, 1.82) is 0 Å². The van der Waals surface area contributed by atoms with Crippen molar-refractivity contribution in [2.24, 2.45) is 5.10 Å². The van der Waals surface area contributed by atoms with Crippen molar-refractivity contribution in [2.75, 3.05) is 0 Å². The van der Waals surface area contributed by atoms with Crippen molar-refractivity contribution < 1.29 is 14.3 Å². The fraction of sp³-hybridized carbons (Fsp3) is 0. The summed E-state index contributed by atoms with van der Waals surface area (Å²) >= 11 is 5.80. The van der Waals surface area contributed by atoms with Gasteiger partial charge in [0.2, 0.25) is 0 Å². The number of carbonyl (C=O) groups excluding carboxylic acids is 2. The predicted octanol–water partition coefficient (Wildman–Crippen LogP) is 3.11. The SMILES string of the molecule is O=C(Oc1cccc(C=NNC(=O)c2cnccn2)c1)c1ccc(Cl)cc1. The molecule has 0 saturated heterocycles. The maximum absolute atomic E-state index is 12.1. The normalized spacial score (nSPS) is 10.6. The van der Waals surface area contributed by atoms with E-state index in [0.717, 1.165) is 0 Å². The van der Waals surface area contributed by atoms with Crippen molar-refractivity contribution in [3.8, 4) is 5.75 Å². The van der Waals surface area contributed by atoms with E-state index in [-0.39, 0.29) is 5.69 Å². The lowest BCUT2D eigenvalue weighted by Gasteiger charge is -2.05. The second kappa shape index (κ2) is 8.68. The van der Waals surface area contributed by atoms with E-state index < -0.39 is 11.9 Å². The first-order valence-corrected chi connectivity index (χ1v) is 8.17. The summed E-state index contributed by atoms with van der Waals surface area (Å²) in [5.74, 6) is -0.638. The van der Waals surface area contributed by atoms with Crippen LogP contribution in [0.15, 0.2) is 72.2 Å². The van der Waals surface area contributed by atoms with Crippen molar-refractivity contribution in [2.45, 2.75) is 0 Å². The Balaban J connectivity index is 1.62. The molecule has 0 unspecified atom stereocenters. The van der Waals surface area contributed by atoms with Gasteiger partial charge in [-0.25, -0.2) is 15.2 Å². The average molecular weight is 381 g/mol. The van der Waals surface area contributed by atoms with Gasteiger partial charge in [-0.05, 0) is 42.0 Å². The Bertz CT molecular complexity index is 976.